The number of anilines is 2. The highest BCUT2D eigenvalue weighted by atomic mass is 32.1. The lowest BCUT2D eigenvalue weighted by atomic mass is 10.1. The minimum Gasteiger partial charge on any atom is -0.465 e. The number of nitrogens with one attached hydrogen (secondary N) is 2. The van der Waals surface area contributed by atoms with Crippen molar-refractivity contribution in [2.45, 2.75) is 6.92 Å². The highest BCUT2D eigenvalue weighted by Gasteiger charge is 2.14. The average Bonchev–Trinajstić information content (AvgIpc) is 2.62. The Morgan fingerprint density at radius 2 is 1.46 bits per heavy atom. The first-order chi connectivity index (χ1) is 12.3. The van der Waals surface area contributed by atoms with Crippen molar-refractivity contribution >= 4 is 40.6 Å². The van der Waals surface area contributed by atoms with Crippen LogP contribution in [-0.4, -0.2) is 31.3 Å². The van der Waals surface area contributed by atoms with E-state index in [4.69, 9.17) is 12.2 Å². The van der Waals surface area contributed by atoms with Crippen LogP contribution in [0.2, 0.25) is 0 Å². The Balaban J connectivity index is 2.23. The second-order valence-electron chi connectivity index (χ2n) is 5.33. The molecule has 0 saturated heterocycles. The topological polar surface area (TPSA) is 76.7 Å². The average molecular weight is 376 g/mol. The summed E-state index contributed by atoms with van der Waals surface area (Å²) >= 11 is 5.22. The van der Waals surface area contributed by atoms with Gasteiger partial charge in [0.15, 0.2) is 5.11 Å². The zero-order chi connectivity index (χ0) is 19.3. The summed E-state index contributed by atoms with van der Waals surface area (Å²) in [7, 11) is 2.48. The van der Waals surface area contributed by atoms with E-state index in [0.29, 0.717) is 16.9 Å². The Morgan fingerprint density at radius 3 is 1.96 bits per heavy atom. The lowest BCUT2D eigenvalue weighted by Crippen LogP contribution is -2.20. The van der Waals surface area contributed by atoms with Gasteiger partial charge in [0.2, 0.25) is 0 Å². The molecule has 0 saturated carbocycles. The number of thiocarbonyl (C=S) groups is 1. The standard InChI is InChI=1S/C18H17FN2O4S/c1-10-6-13(4-5-15(10)19)20-18(26)21-14-8-11(16(22)24-2)7-12(9-14)17(23)25-3/h4-9H,1-3H3,(H2,20,21,26). The van der Waals surface area contributed by atoms with Crippen molar-refractivity contribution in [1.82, 2.24) is 0 Å². The Hall–Kier alpha value is -3.00. The van der Waals surface area contributed by atoms with Gasteiger partial charge >= 0.3 is 11.9 Å². The summed E-state index contributed by atoms with van der Waals surface area (Å²) in [5, 5.41) is 5.98. The normalized spacial score (nSPS) is 10.0. The van der Waals surface area contributed by atoms with Crippen LogP contribution in [0.25, 0.3) is 0 Å². The second-order valence-corrected chi connectivity index (χ2v) is 5.73. The minimum absolute atomic E-state index is 0.165. The highest BCUT2D eigenvalue weighted by molar-refractivity contribution is 7.80. The predicted molar refractivity (Wildman–Crippen MR) is 100 cm³/mol. The van der Waals surface area contributed by atoms with Crippen LogP contribution in [0.15, 0.2) is 36.4 Å². The molecule has 2 rings (SSSR count). The number of rotatable bonds is 4. The third-order valence-electron chi connectivity index (χ3n) is 3.45. The summed E-state index contributed by atoms with van der Waals surface area (Å²) in [5.41, 5.74) is 1.79. The zero-order valence-electron chi connectivity index (χ0n) is 14.4. The summed E-state index contributed by atoms with van der Waals surface area (Å²) < 4.78 is 22.7. The molecule has 0 aliphatic rings. The van der Waals surface area contributed by atoms with Crippen LogP contribution in [0, 0.1) is 12.7 Å². The van der Waals surface area contributed by atoms with E-state index in [0.717, 1.165) is 0 Å². The van der Waals surface area contributed by atoms with Crippen LogP contribution < -0.4 is 10.6 Å². The maximum Gasteiger partial charge on any atom is 0.337 e. The molecule has 0 aliphatic heterocycles. The van der Waals surface area contributed by atoms with E-state index in [-0.39, 0.29) is 22.1 Å². The fraction of sp³-hybridized carbons (Fsp3) is 0.167. The predicted octanol–water partition coefficient (Wildman–Crippen LogP) is 3.52. The molecule has 2 N–H and O–H groups in total. The van der Waals surface area contributed by atoms with E-state index in [1.54, 1.807) is 19.1 Å². The van der Waals surface area contributed by atoms with E-state index < -0.39 is 11.9 Å². The molecule has 0 aliphatic carbocycles. The number of esters is 2. The van der Waals surface area contributed by atoms with Gasteiger partial charge in [0.1, 0.15) is 5.82 Å². The van der Waals surface area contributed by atoms with Gasteiger partial charge in [-0.05, 0) is 61.1 Å². The quantitative estimate of drug-likeness (QED) is 0.624. The summed E-state index contributed by atoms with van der Waals surface area (Å²) in [5.74, 6) is -1.53. The molecule has 0 heterocycles. The molecule has 0 fully saturated rings. The van der Waals surface area contributed by atoms with Crippen LogP contribution in [0.1, 0.15) is 26.3 Å². The molecule has 0 spiro atoms. The van der Waals surface area contributed by atoms with Crippen molar-refractivity contribution in [1.29, 1.82) is 0 Å². The molecule has 2 aromatic carbocycles. The van der Waals surface area contributed by atoms with Gasteiger partial charge in [0, 0.05) is 11.4 Å². The van der Waals surface area contributed by atoms with Crippen LogP contribution >= 0.6 is 12.2 Å². The summed E-state index contributed by atoms with van der Waals surface area (Å²) in [6.07, 6.45) is 0. The van der Waals surface area contributed by atoms with Crippen molar-refractivity contribution in [2.24, 2.45) is 0 Å². The number of aryl methyl sites for hydroxylation is 1. The largest absolute Gasteiger partial charge is 0.465 e. The van der Waals surface area contributed by atoms with Crippen LogP contribution in [0.5, 0.6) is 0 Å². The Bertz CT molecular complexity index is 836. The molecule has 0 radical (unpaired) electrons. The van der Waals surface area contributed by atoms with Crippen LogP contribution in [0.4, 0.5) is 15.8 Å². The second kappa shape index (κ2) is 8.39. The smallest absolute Gasteiger partial charge is 0.337 e. The SMILES string of the molecule is COC(=O)c1cc(NC(=S)Nc2ccc(F)c(C)c2)cc(C(=O)OC)c1. The summed E-state index contributed by atoms with van der Waals surface area (Å²) in [6.45, 7) is 1.64. The van der Waals surface area contributed by atoms with Crippen molar-refractivity contribution in [3.63, 3.8) is 0 Å². The Morgan fingerprint density at radius 1 is 0.923 bits per heavy atom. The van der Waals surface area contributed by atoms with Gasteiger partial charge in [-0.15, -0.1) is 0 Å². The molecule has 2 aromatic rings. The van der Waals surface area contributed by atoms with Crippen molar-refractivity contribution in [3.8, 4) is 0 Å². The first-order valence-electron chi connectivity index (χ1n) is 7.50. The molecule has 0 amide bonds. The van der Waals surface area contributed by atoms with E-state index in [1.807, 2.05) is 0 Å². The number of ether oxygens (including phenoxy) is 2. The molecular weight excluding hydrogens is 359 g/mol. The molecule has 136 valence electrons. The van der Waals surface area contributed by atoms with Crippen molar-refractivity contribution in [2.75, 3.05) is 24.9 Å². The number of hydrogen-bond donors (Lipinski definition) is 2. The van der Waals surface area contributed by atoms with Gasteiger partial charge < -0.3 is 20.1 Å². The molecule has 26 heavy (non-hydrogen) atoms. The number of carbonyl (C=O) groups is 2. The molecule has 6 nitrogen and oxygen atoms in total. The number of carbonyl (C=O) groups excluding carboxylic acids is 2. The van der Waals surface area contributed by atoms with E-state index >= 15 is 0 Å². The van der Waals surface area contributed by atoms with Gasteiger partial charge in [0.05, 0.1) is 25.3 Å². The molecule has 0 atom stereocenters. The van der Waals surface area contributed by atoms with Gasteiger partial charge in [-0.25, -0.2) is 14.0 Å². The van der Waals surface area contributed by atoms with Crippen molar-refractivity contribution < 1.29 is 23.5 Å². The van der Waals surface area contributed by atoms with Gasteiger partial charge in [-0.1, -0.05) is 0 Å². The first-order valence-corrected chi connectivity index (χ1v) is 7.90. The van der Waals surface area contributed by atoms with E-state index in [9.17, 15) is 14.0 Å². The third-order valence-corrected chi connectivity index (χ3v) is 3.65. The lowest BCUT2D eigenvalue weighted by Gasteiger charge is -2.13. The van der Waals surface area contributed by atoms with Gasteiger partial charge in [-0.2, -0.15) is 0 Å². The maximum atomic E-state index is 13.3. The highest BCUT2D eigenvalue weighted by Crippen LogP contribution is 2.18. The summed E-state index contributed by atoms with van der Waals surface area (Å²) in [6, 6.07) is 8.82. The molecular formula is C18H17FN2O4S. The fourth-order valence-corrected chi connectivity index (χ4v) is 2.42. The lowest BCUT2D eigenvalue weighted by molar-refractivity contribution is 0.0599. The molecule has 8 heteroatoms. The van der Waals surface area contributed by atoms with Crippen LogP contribution in [-0.2, 0) is 9.47 Å². The Kier molecular flexibility index (Phi) is 6.24. The summed E-state index contributed by atoms with van der Waals surface area (Å²) in [4.78, 5) is 23.6. The van der Waals surface area contributed by atoms with Gasteiger partial charge in [0.25, 0.3) is 0 Å². The number of benzene rings is 2. The Labute approximate surface area is 155 Å². The molecule has 0 bridgehead atoms. The molecule has 0 aromatic heterocycles. The minimum atomic E-state index is -0.605. The van der Waals surface area contributed by atoms with E-state index in [2.05, 4.69) is 20.1 Å². The first kappa shape index (κ1) is 19.3. The number of methoxy groups -OCH3 is 2. The van der Waals surface area contributed by atoms with Crippen LogP contribution in [0.3, 0.4) is 0 Å². The number of hydrogen-bond acceptors (Lipinski definition) is 5. The van der Waals surface area contributed by atoms with Gasteiger partial charge in [-0.3, -0.25) is 0 Å². The molecule has 0 unspecified atom stereocenters. The number of halogens is 1. The monoisotopic (exact) mass is 376 g/mol. The third kappa shape index (κ3) is 4.76. The fourth-order valence-electron chi connectivity index (χ4n) is 2.19. The van der Waals surface area contributed by atoms with E-state index in [1.165, 1.54) is 38.5 Å². The van der Waals surface area contributed by atoms with Crippen molar-refractivity contribution in [3.05, 3.63) is 58.9 Å². The maximum absolute atomic E-state index is 13.3. The zero-order valence-corrected chi connectivity index (χ0v) is 15.2.